The number of alkyl halides is 2. The van der Waals surface area contributed by atoms with Crippen LogP contribution in [0.15, 0.2) is 0 Å². The molecule has 60 heavy (non-hydrogen) atoms. The van der Waals surface area contributed by atoms with Crippen LogP contribution in [0.4, 0.5) is 4.39 Å². The summed E-state index contributed by atoms with van der Waals surface area (Å²) in [5.74, 6) is 9.84. The van der Waals surface area contributed by atoms with E-state index < -0.39 is 12.1 Å². The topological polar surface area (TPSA) is 54.4 Å². The molecule has 0 unspecified atom stereocenters. The highest BCUT2D eigenvalue weighted by molar-refractivity contribution is 6.22. The van der Waals surface area contributed by atoms with Crippen LogP contribution in [0.3, 0.4) is 0 Å². The Labute approximate surface area is 386 Å². The molecule has 8 fully saturated rings. The Hall–Kier alpha value is -0.640. The Kier molecular flexibility index (Phi) is 55.2. The van der Waals surface area contributed by atoms with E-state index in [0.29, 0.717) is 40.2 Å². The summed E-state index contributed by atoms with van der Waals surface area (Å²) in [6, 6.07) is 0. The first-order chi connectivity index (χ1) is 28.1. The highest BCUT2D eigenvalue weighted by atomic mass is 35.5. The lowest BCUT2D eigenvalue weighted by atomic mass is 9.91. The van der Waals surface area contributed by atoms with E-state index in [-0.39, 0.29) is 5.92 Å². The molecule has 14 atom stereocenters. The number of aliphatic carboxylic acids is 1. The molecule has 0 bridgehead atoms. The van der Waals surface area contributed by atoms with Crippen molar-refractivity contribution in [2.75, 3.05) is 0 Å². The van der Waals surface area contributed by atoms with Crippen LogP contribution < -0.4 is 0 Å². The number of carboxylic acid groups (broad SMARTS) is 1. The van der Waals surface area contributed by atoms with Crippen molar-refractivity contribution < 1.29 is 19.1 Å². The maximum atomic E-state index is 11.5. The molecule has 8 aliphatic carbocycles. The van der Waals surface area contributed by atoms with Crippen LogP contribution in [0.2, 0.25) is 0 Å². The number of carboxylic acids is 1. The van der Waals surface area contributed by atoms with E-state index in [4.69, 9.17) is 16.7 Å². The van der Waals surface area contributed by atoms with Crippen LogP contribution in [-0.4, -0.2) is 28.4 Å². The summed E-state index contributed by atoms with van der Waals surface area (Å²) in [5, 5.41) is 8.75. The fourth-order valence-electron chi connectivity index (χ4n) is 4.58. The van der Waals surface area contributed by atoms with Crippen LogP contribution >= 0.6 is 11.6 Å². The van der Waals surface area contributed by atoms with Crippen molar-refractivity contribution in [3.63, 3.8) is 0 Å². The Balaban J connectivity index is -0.000000103. The molecule has 3 nitrogen and oxygen atoms in total. The molecular weight excluding hydrogens is 763 g/mol. The molecule has 0 radical (unpaired) electrons. The summed E-state index contributed by atoms with van der Waals surface area (Å²) in [5.41, 5.74) is 0.611. The second-order valence-electron chi connectivity index (χ2n) is 18.3. The van der Waals surface area contributed by atoms with E-state index in [9.17, 15) is 14.0 Å². The van der Waals surface area contributed by atoms with Crippen molar-refractivity contribution in [2.45, 2.75) is 263 Å². The molecule has 1 N–H and O–H groups in total. The minimum absolute atomic E-state index is 0.0139. The molecule has 370 valence electrons. The molecular formula is C55H118ClFO3. The van der Waals surface area contributed by atoms with E-state index in [0.717, 1.165) is 66.6 Å². The van der Waals surface area contributed by atoms with Gasteiger partial charge < -0.3 is 5.11 Å². The predicted octanol–water partition coefficient (Wildman–Crippen LogP) is 19.6. The number of carbonyl (C=O) groups is 2. The van der Waals surface area contributed by atoms with Crippen molar-refractivity contribution in [1.29, 1.82) is 0 Å². The van der Waals surface area contributed by atoms with Crippen LogP contribution in [0.25, 0.3) is 0 Å². The molecule has 0 aliphatic heterocycles. The third-order valence-electron chi connectivity index (χ3n) is 11.4. The third-order valence-corrected chi connectivity index (χ3v) is 12.0. The monoisotopic (exact) mass is 881 g/mol. The maximum absolute atomic E-state index is 11.5. The third kappa shape index (κ3) is 53.5. The summed E-state index contributed by atoms with van der Waals surface area (Å²) in [4.78, 5) is 20.4. The van der Waals surface area contributed by atoms with Crippen molar-refractivity contribution in [2.24, 2.45) is 82.3 Å². The van der Waals surface area contributed by atoms with Gasteiger partial charge in [0.25, 0.3) is 0 Å². The van der Waals surface area contributed by atoms with Crippen molar-refractivity contribution in [1.82, 2.24) is 0 Å². The average molecular weight is 882 g/mol. The van der Waals surface area contributed by atoms with Crippen molar-refractivity contribution in [3.8, 4) is 0 Å². The van der Waals surface area contributed by atoms with Gasteiger partial charge in [-0.05, 0) is 135 Å². The lowest BCUT2D eigenvalue weighted by Gasteiger charge is -2.15. The molecule has 0 saturated heterocycles. The van der Waals surface area contributed by atoms with Gasteiger partial charge in [0.05, 0.1) is 5.92 Å². The van der Waals surface area contributed by atoms with Gasteiger partial charge in [-0.1, -0.05) is 187 Å². The summed E-state index contributed by atoms with van der Waals surface area (Å²) in [6.45, 7) is 58.6. The molecule has 0 aromatic rings. The SMILES string of the molecule is CC.CC.CC.CC.CC.CC.CC.CC(=O)[C@@H]1C[C@@H]1C.CC(C)(C)C1CC1.C[C@@H]1C[C@@H]1C.C[C@@H]1C[C@@H]1C.C[C@@H]1C[C@@H]1C.C[C@H]1C[C@H]1C(=O)O.C[C@H]1C[C@H]1Cl.C[C@H]1C[C@H]1F. The van der Waals surface area contributed by atoms with Gasteiger partial charge in [-0.25, -0.2) is 4.39 Å². The van der Waals surface area contributed by atoms with Gasteiger partial charge >= 0.3 is 5.97 Å². The Bertz CT molecular complexity index is 761. The van der Waals surface area contributed by atoms with Gasteiger partial charge in [-0.15, -0.1) is 11.6 Å². The number of Topliss-reactive ketones (excluding diaryl/α,β-unsaturated/α-hetero) is 1. The van der Waals surface area contributed by atoms with Crippen LogP contribution in [-0.2, 0) is 9.59 Å². The van der Waals surface area contributed by atoms with Crippen LogP contribution in [0.5, 0.6) is 0 Å². The maximum Gasteiger partial charge on any atom is 0.306 e. The largest absolute Gasteiger partial charge is 0.481 e. The normalized spacial score (nSPS) is 32.7. The average Bonchev–Trinajstić information content (AvgIpc) is 4.05. The number of hydrogen-bond donors (Lipinski definition) is 1. The number of rotatable bonds is 2. The molecule has 0 heterocycles. The Morgan fingerprint density at radius 2 is 0.633 bits per heavy atom. The summed E-state index contributed by atoms with van der Waals surface area (Å²) >= 11 is 5.54. The predicted molar refractivity (Wildman–Crippen MR) is 275 cm³/mol. The van der Waals surface area contributed by atoms with Gasteiger partial charge in [0.1, 0.15) is 12.0 Å². The van der Waals surface area contributed by atoms with Gasteiger partial charge in [-0.3, -0.25) is 9.59 Å². The zero-order valence-corrected chi connectivity index (χ0v) is 47.3. The van der Waals surface area contributed by atoms with Crippen molar-refractivity contribution >= 4 is 23.4 Å². The number of ketones is 1. The minimum Gasteiger partial charge on any atom is -0.481 e. The van der Waals surface area contributed by atoms with Crippen molar-refractivity contribution in [3.05, 3.63) is 0 Å². The summed E-state index contributed by atoms with van der Waals surface area (Å²) in [6.07, 6.45) is 11.0. The molecule has 0 spiro atoms. The highest BCUT2D eigenvalue weighted by Crippen LogP contribution is 2.44. The van der Waals surface area contributed by atoms with E-state index in [1.165, 1.54) is 38.5 Å². The molecule has 8 saturated carbocycles. The van der Waals surface area contributed by atoms with Gasteiger partial charge in [-0.2, -0.15) is 0 Å². The summed E-state index contributed by atoms with van der Waals surface area (Å²) in [7, 11) is 0. The first-order valence-corrected chi connectivity index (χ1v) is 26.5. The van der Waals surface area contributed by atoms with E-state index in [1.54, 1.807) is 6.92 Å². The van der Waals surface area contributed by atoms with E-state index in [2.05, 4.69) is 76.2 Å². The van der Waals surface area contributed by atoms with Crippen LogP contribution in [0, 0.1) is 82.3 Å². The molecule has 5 heteroatoms. The first-order valence-electron chi connectivity index (χ1n) is 26.1. The lowest BCUT2D eigenvalue weighted by Crippen LogP contribution is -2.06. The Morgan fingerprint density at radius 1 is 0.450 bits per heavy atom. The highest BCUT2D eigenvalue weighted by Gasteiger charge is 2.39. The van der Waals surface area contributed by atoms with E-state index >= 15 is 0 Å². The second kappa shape index (κ2) is 44.9. The fourth-order valence-corrected chi connectivity index (χ4v) is 4.86. The van der Waals surface area contributed by atoms with Gasteiger partial charge in [0.15, 0.2) is 0 Å². The lowest BCUT2D eigenvalue weighted by molar-refractivity contribution is -0.138. The minimum atomic E-state index is -0.632. The summed E-state index contributed by atoms with van der Waals surface area (Å²) < 4.78 is 11.5. The fraction of sp³-hybridized carbons (Fsp3) is 0.964. The number of carbonyl (C=O) groups excluding carboxylic acids is 1. The van der Waals surface area contributed by atoms with Gasteiger partial charge in [0, 0.05) is 11.3 Å². The Morgan fingerprint density at radius 3 is 0.633 bits per heavy atom. The van der Waals surface area contributed by atoms with Gasteiger partial charge in [0.2, 0.25) is 0 Å². The number of halogens is 2. The zero-order chi connectivity index (χ0) is 49.7. The molecule has 0 aromatic heterocycles. The number of hydrogen-bond acceptors (Lipinski definition) is 2. The van der Waals surface area contributed by atoms with E-state index in [1.807, 2.05) is 111 Å². The van der Waals surface area contributed by atoms with Crippen LogP contribution in [0.1, 0.15) is 252 Å². The zero-order valence-electron chi connectivity index (χ0n) is 46.5. The molecule has 0 amide bonds. The first kappa shape index (κ1) is 73.7. The molecule has 0 aromatic carbocycles. The quantitative estimate of drug-likeness (QED) is 0.281. The smallest absolute Gasteiger partial charge is 0.306 e. The second-order valence-corrected chi connectivity index (χ2v) is 18.8. The molecule has 8 aliphatic rings. The standard InChI is InChI=1S/C7H14.C6H10O.C5H8O2.3C5H10.C4H7Cl.C4H7F.7C2H6/c1-7(2,3)6-4-5-6;1-4-3-6(4)5(2)7;1-3-2-4(3)5(6)7;3*1-4-3-5(4)2;2*1-3-2-4(3)5;7*1-2/h6H,4-5H2,1-3H3;4,6H,3H2,1-2H3;3-4H,2H2,1H3,(H,6,7);3*4-5H,3H2,1-2H3;2*3-4H,2H2,1H3;7*1-2H3/t;4-,6+;3-,4+;3*4-,5+;2*3-,4+;;;;;;;/m.00...00......./s1. The molecule has 8 rings (SSSR count).